The smallest absolute Gasteiger partial charge is 0.138 e. The van der Waals surface area contributed by atoms with E-state index in [0.717, 1.165) is 32.6 Å². The average molecular weight is 472 g/mol. The standard InChI is InChI=1S/C21H13Br2FN2/c22-16-9-6-14(7-10-16)20-19(13-4-2-1-3-5-13)25-21(26-20)15-8-11-18(24)17(23)12-15/h1-12H,(H,25,26). The van der Waals surface area contributed by atoms with E-state index in [9.17, 15) is 4.39 Å². The summed E-state index contributed by atoms with van der Waals surface area (Å²) >= 11 is 6.72. The number of H-pyrrole nitrogens is 1. The molecule has 1 heterocycles. The van der Waals surface area contributed by atoms with Gasteiger partial charge >= 0.3 is 0 Å². The van der Waals surface area contributed by atoms with Gasteiger partial charge in [-0.05, 0) is 46.3 Å². The number of aromatic nitrogens is 2. The van der Waals surface area contributed by atoms with Crippen LogP contribution in [0.2, 0.25) is 0 Å². The summed E-state index contributed by atoms with van der Waals surface area (Å²) in [6.45, 7) is 0. The predicted octanol–water partition coefficient (Wildman–Crippen LogP) is 7.07. The number of nitrogens with one attached hydrogen (secondary N) is 1. The topological polar surface area (TPSA) is 28.7 Å². The fraction of sp³-hybridized carbons (Fsp3) is 0. The first-order chi connectivity index (χ1) is 12.6. The van der Waals surface area contributed by atoms with E-state index in [4.69, 9.17) is 4.98 Å². The summed E-state index contributed by atoms with van der Waals surface area (Å²) in [4.78, 5) is 8.22. The molecule has 4 aromatic rings. The second-order valence-corrected chi connectivity index (χ2v) is 7.58. The molecule has 4 rings (SSSR count). The molecule has 3 aromatic carbocycles. The van der Waals surface area contributed by atoms with Crippen molar-refractivity contribution < 1.29 is 4.39 Å². The lowest BCUT2D eigenvalue weighted by atomic mass is 10.1. The van der Waals surface area contributed by atoms with Crippen molar-refractivity contribution in [2.24, 2.45) is 0 Å². The van der Waals surface area contributed by atoms with Crippen LogP contribution in [0.4, 0.5) is 4.39 Å². The Kier molecular flexibility index (Phi) is 4.74. The van der Waals surface area contributed by atoms with Crippen molar-refractivity contribution in [1.29, 1.82) is 0 Å². The number of nitrogens with zero attached hydrogens (tertiary/aromatic N) is 1. The fourth-order valence-corrected chi connectivity index (χ4v) is 3.43. The number of benzene rings is 3. The van der Waals surface area contributed by atoms with Crippen molar-refractivity contribution in [3.63, 3.8) is 0 Å². The molecule has 0 saturated heterocycles. The highest BCUT2D eigenvalue weighted by Crippen LogP contribution is 2.34. The molecular weight excluding hydrogens is 459 g/mol. The van der Waals surface area contributed by atoms with Crippen molar-refractivity contribution in [3.05, 3.63) is 87.6 Å². The zero-order valence-electron chi connectivity index (χ0n) is 13.5. The van der Waals surface area contributed by atoms with Crippen LogP contribution in [0.25, 0.3) is 33.9 Å². The first-order valence-electron chi connectivity index (χ1n) is 7.98. The van der Waals surface area contributed by atoms with Crippen LogP contribution in [0.5, 0.6) is 0 Å². The van der Waals surface area contributed by atoms with Gasteiger partial charge in [0.1, 0.15) is 11.6 Å². The minimum atomic E-state index is -0.295. The van der Waals surface area contributed by atoms with Crippen LogP contribution in [-0.4, -0.2) is 9.97 Å². The number of aromatic amines is 1. The molecule has 2 nitrogen and oxygen atoms in total. The first kappa shape index (κ1) is 17.2. The normalized spacial score (nSPS) is 10.9. The first-order valence-corrected chi connectivity index (χ1v) is 9.57. The van der Waals surface area contributed by atoms with E-state index in [1.807, 2.05) is 54.6 Å². The van der Waals surface area contributed by atoms with Gasteiger partial charge in [-0.15, -0.1) is 0 Å². The molecule has 0 atom stereocenters. The summed E-state index contributed by atoms with van der Waals surface area (Å²) in [5.41, 5.74) is 4.67. The molecule has 1 N–H and O–H groups in total. The summed E-state index contributed by atoms with van der Waals surface area (Å²) in [7, 11) is 0. The Morgan fingerprint density at radius 1 is 0.769 bits per heavy atom. The summed E-state index contributed by atoms with van der Waals surface area (Å²) in [5.74, 6) is 0.402. The van der Waals surface area contributed by atoms with E-state index < -0.39 is 0 Å². The highest BCUT2D eigenvalue weighted by atomic mass is 79.9. The largest absolute Gasteiger partial charge is 0.337 e. The highest BCUT2D eigenvalue weighted by molar-refractivity contribution is 9.10. The number of rotatable bonds is 3. The maximum atomic E-state index is 13.6. The van der Waals surface area contributed by atoms with Gasteiger partial charge in [-0.2, -0.15) is 0 Å². The Morgan fingerprint density at radius 2 is 1.46 bits per heavy atom. The summed E-state index contributed by atoms with van der Waals surface area (Å²) < 4.78 is 15.0. The third-order valence-corrected chi connectivity index (χ3v) is 5.21. The van der Waals surface area contributed by atoms with Crippen LogP contribution in [-0.2, 0) is 0 Å². The van der Waals surface area contributed by atoms with E-state index in [-0.39, 0.29) is 5.82 Å². The molecule has 5 heteroatoms. The van der Waals surface area contributed by atoms with Gasteiger partial charge in [0.05, 0.1) is 15.9 Å². The SMILES string of the molecule is Fc1ccc(-c2nc(-c3ccccc3)c(-c3ccc(Br)cc3)[nH]2)cc1Br. The van der Waals surface area contributed by atoms with Crippen LogP contribution in [0.3, 0.4) is 0 Å². The fourth-order valence-electron chi connectivity index (χ4n) is 2.78. The van der Waals surface area contributed by atoms with Crippen LogP contribution in [0.15, 0.2) is 81.7 Å². The number of imidazole rings is 1. The van der Waals surface area contributed by atoms with Crippen molar-refractivity contribution in [1.82, 2.24) is 9.97 Å². The maximum Gasteiger partial charge on any atom is 0.138 e. The molecule has 128 valence electrons. The van der Waals surface area contributed by atoms with E-state index in [0.29, 0.717) is 10.3 Å². The van der Waals surface area contributed by atoms with Crippen molar-refractivity contribution in [2.75, 3.05) is 0 Å². The second-order valence-electron chi connectivity index (χ2n) is 5.81. The molecule has 0 aliphatic rings. The number of halogens is 3. The van der Waals surface area contributed by atoms with E-state index in [1.165, 1.54) is 6.07 Å². The Bertz CT molecular complexity index is 1060. The molecule has 0 amide bonds. The quantitative estimate of drug-likeness (QED) is 0.340. The lowest BCUT2D eigenvalue weighted by molar-refractivity contribution is 0.621. The van der Waals surface area contributed by atoms with Gasteiger partial charge in [0.25, 0.3) is 0 Å². The molecule has 0 spiro atoms. The van der Waals surface area contributed by atoms with Gasteiger partial charge in [0.15, 0.2) is 0 Å². The monoisotopic (exact) mass is 470 g/mol. The van der Waals surface area contributed by atoms with Crippen LogP contribution >= 0.6 is 31.9 Å². The van der Waals surface area contributed by atoms with Crippen molar-refractivity contribution >= 4 is 31.9 Å². The van der Waals surface area contributed by atoms with Crippen molar-refractivity contribution in [3.8, 4) is 33.9 Å². The third-order valence-electron chi connectivity index (χ3n) is 4.08. The van der Waals surface area contributed by atoms with E-state index >= 15 is 0 Å². The predicted molar refractivity (Wildman–Crippen MR) is 110 cm³/mol. The van der Waals surface area contributed by atoms with Gasteiger partial charge in [-0.3, -0.25) is 0 Å². The van der Waals surface area contributed by atoms with Gasteiger partial charge in [-0.25, -0.2) is 9.37 Å². The minimum Gasteiger partial charge on any atom is -0.337 e. The number of hydrogen-bond donors (Lipinski definition) is 1. The van der Waals surface area contributed by atoms with Crippen LogP contribution in [0.1, 0.15) is 0 Å². The molecule has 26 heavy (non-hydrogen) atoms. The molecule has 0 bridgehead atoms. The summed E-state index contributed by atoms with van der Waals surface area (Å²) in [6, 6.07) is 23.0. The molecule has 0 unspecified atom stereocenters. The van der Waals surface area contributed by atoms with Crippen LogP contribution < -0.4 is 0 Å². The maximum absolute atomic E-state index is 13.6. The molecule has 0 aliphatic heterocycles. The second kappa shape index (κ2) is 7.17. The lowest BCUT2D eigenvalue weighted by Crippen LogP contribution is -1.84. The van der Waals surface area contributed by atoms with Gasteiger partial charge in [0, 0.05) is 21.2 Å². The zero-order chi connectivity index (χ0) is 18.1. The third kappa shape index (κ3) is 3.37. The molecule has 1 aromatic heterocycles. The average Bonchev–Trinajstić information content (AvgIpc) is 3.11. The highest BCUT2D eigenvalue weighted by Gasteiger charge is 2.15. The minimum absolute atomic E-state index is 0.295. The summed E-state index contributed by atoms with van der Waals surface area (Å²) in [5, 5.41) is 0. The lowest BCUT2D eigenvalue weighted by Gasteiger charge is -2.03. The van der Waals surface area contributed by atoms with E-state index in [2.05, 4.69) is 36.8 Å². The van der Waals surface area contributed by atoms with Gasteiger partial charge in [-0.1, -0.05) is 58.4 Å². The Morgan fingerprint density at radius 3 is 2.15 bits per heavy atom. The molecule has 0 aliphatic carbocycles. The molecule has 0 radical (unpaired) electrons. The van der Waals surface area contributed by atoms with Crippen LogP contribution in [0, 0.1) is 5.82 Å². The van der Waals surface area contributed by atoms with Gasteiger partial charge < -0.3 is 4.98 Å². The molecular formula is C21H13Br2FN2. The Hall–Kier alpha value is -2.24. The molecule has 0 saturated carbocycles. The Balaban J connectivity index is 1.90. The van der Waals surface area contributed by atoms with Crippen molar-refractivity contribution in [2.45, 2.75) is 0 Å². The van der Waals surface area contributed by atoms with Gasteiger partial charge in [0.2, 0.25) is 0 Å². The van der Waals surface area contributed by atoms with E-state index in [1.54, 1.807) is 12.1 Å². The molecule has 0 fully saturated rings. The number of hydrogen-bond acceptors (Lipinski definition) is 1. The Labute approximate surface area is 167 Å². The summed E-state index contributed by atoms with van der Waals surface area (Å²) in [6.07, 6.45) is 0. The zero-order valence-corrected chi connectivity index (χ0v) is 16.7.